The summed E-state index contributed by atoms with van der Waals surface area (Å²) in [5, 5.41) is 13.7. The Morgan fingerprint density at radius 3 is 2.68 bits per heavy atom. The van der Waals surface area contributed by atoms with Crippen molar-refractivity contribution in [3.05, 3.63) is 59.9 Å². The van der Waals surface area contributed by atoms with E-state index in [0.717, 1.165) is 0 Å². The SMILES string of the molecule is CC(=O)c1cccc(NC(=O)C(C)Sc2nnc(Nc3ccccc3F)s2)c1. The topological polar surface area (TPSA) is 84.0 Å². The van der Waals surface area contributed by atoms with E-state index in [0.29, 0.717) is 26.4 Å². The van der Waals surface area contributed by atoms with Crippen molar-refractivity contribution < 1.29 is 14.0 Å². The van der Waals surface area contributed by atoms with Gasteiger partial charge < -0.3 is 10.6 Å². The summed E-state index contributed by atoms with van der Waals surface area (Å²) in [5.74, 6) is -0.667. The predicted molar refractivity (Wildman–Crippen MR) is 110 cm³/mol. The number of hydrogen-bond acceptors (Lipinski definition) is 7. The van der Waals surface area contributed by atoms with Gasteiger partial charge in [0.2, 0.25) is 11.0 Å². The molecule has 1 atom stereocenters. The van der Waals surface area contributed by atoms with Crippen LogP contribution < -0.4 is 10.6 Å². The maximum Gasteiger partial charge on any atom is 0.237 e. The van der Waals surface area contributed by atoms with Crippen LogP contribution in [0.4, 0.5) is 20.9 Å². The molecule has 6 nitrogen and oxygen atoms in total. The first-order chi connectivity index (χ1) is 13.4. The number of aromatic nitrogens is 2. The highest BCUT2D eigenvalue weighted by Gasteiger charge is 2.18. The second-order valence-corrected chi connectivity index (χ2v) is 8.43. The van der Waals surface area contributed by atoms with Gasteiger partial charge in [0.05, 0.1) is 10.9 Å². The molecular weight excluding hydrogens is 399 g/mol. The highest BCUT2D eigenvalue weighted by molar-refractivity contribution is 8.02. The van der Waals surface area contributed by atoms with Gasteiger partial charge in [0, 0.05) is 11.3 Å². The van der Waals surface area contributed by atoms with Crippen LogP contribution in [0, 0.1) is 5.82 Å². The number of anilines is 3. The minimum atomic E-state index is -0.435. The molecule has 0 saturated carbocycles. The lowest BCUT2D eigenvalue weighted by molar-refractivity contribution is -0.115. The number of amides is 1. The Labute approximate surface area is 169 Å². The third kappa shape index (κ3) is 5.14. The Bertz CT molecular complexity index is 1010. The van der Waals surface area contributed by atoms with Crippen molar-refractivity contribution in [2.75, 3.05) is 10.6 Å². The highest BCUT2D eigenvalue weighted by atomic mass is 32.2. The second-order valence-electron chi connectivity index (χ2n) is 5.86. The molecule has 1 unspecified atom stereocenters. The quantitative estimate of drug-likeness (QED) is 0.427. The van der Waals surface area contributed by atoms with E-state index in [1.165, 1.54) is 36.1 Å². The van der Waals surface area contributed by atoms with Crippen LogP contribution in [-0.2, 0) is 4.79 Å². The van der Waals surface area contributed by atoms with Gasteiger partial charge in [-0.1, -0.05) is 47.4 Å². The van der Waals surface area contributed by atoms with E-state index < -0.39 is 5.25 Å². The molecule has 0 saturated heterocycles. The van der Waals surface area contributed by atoms with Crippen molar-refractivity contribution in [3.63, 3.8) is 0 Å². The number of carbonyl (C=O) groups excluding carboxylic acids is 2. The zero-order valence-electron chi connectivity index (χ0n) is 15.1. The van der Waals surface area contributed by atoms with Crippen LogP contribution in [-0.4, -0.2) is 27.1 Å². The molecule has 0 aliphatic carbocycles. The van der Waals surface area contributed by atoms with E-state index in [-0.39, 0.29) is 17.5 Å². The molecular formula is C19H17FN4O2S2. The lowest BCUT2D eigenvalue weighted by Crippen LogP contribution is -2.22. The van der Waals surface area contributed by atoms with E-state index >= 15 is 0 Å². The first kappa shape index (κ1) is 20.0. The number of ketones is 1. The summed E-state index contributed by atoms with van der Waals surface area (Å²) in [5.41, 5.74) is 1.40. The summed E-state index contributed by atoms with van der Waals surface area (Å²) in [4.78, 5) is 23.9. The summed E-state index contributed by atoms with van der Waals surface area (Å²) in [6.07, 6.45) is 0. The maximum absolute atomic E-state index is 13.7. The van der Waals surface area contributed by atoms with Crippen molar-refractivity contribution in [1.29, 1.82) is 0 Å². The van der Waals surface area contributed by atoms with Crippen molar-refractivity contribution in [2.45, 2.75) is 23.4 Å². The summed E-state index contributed by atoms with van der Waals surface area (Å²) in [6, 6.07) is 13.1. The van der Waals surface area contributed by atoms with Crippen molar-refractivity contribution in [1.82, 2.24) is 10.2 Å². The van der Waals surface area contributed by atoms with E-state index in [2.05, 4.69) is 20.8 Å². The van der Waals surface area contributed by atoms with Gasteiger partial charge in [0.15, 0.2) is 10.1 Å². The predicted octanol–water partition coefficient (Wildman–Crippen LogP) is 4.74. The van der Waals surface area contributed by atoms with Gasteiger partial charge in [-0.25, -0.2) is 4.39 Å². The number of benzene rings is 2. The number of carbonyl (C=O) groups is 2. The number of para-hydroxylation sites is 1. The Morgan fingerprint density at radius 1 is 1.14 bits per heavy atom. The zero-order valence-corrected chi connectivity index (χ0v) is 16.7. The van der Waals surface area contributed by atoms with Crippen LogP contribution in [0.2, 0.25) is 0 Å². The molecule has 3 rings (SSSR count). The molecule has 3 aromatic rings. The average Bonchev–Trinajstić information content (AvgIpc) is 3.10. The van der Waals surface area contributed by atoms with Crippen LogP contribution >= 0.6 is 23.1 Å². The van der Waals surface area contributed by atoms with E-state index in [1.54, 1.807) is 49.4 Å². The monoisotopic (exact) mass is 416 g/mol. The first-order valence-electron chi connectivity index (χ1n) is 8.36. The highest BCUT2D eigenvalue weighted by Crippen LogP contribution is 2.31. The molecule has 144 valence electrons. The van der Waals surface area contributed by atoms with Gasteiger partial charge in [-0.2, -0.15) is 0 Å². The number of halogens is 1. The van der Waals surface area contributed by atoms with Gasteiger partial charge in [0.1, 0.15) is 5.82 Å². The third-order valence-corrected chi connectivity index (χ3v) is 5.73. The largest absolute Gasteiger partial charge is 0.328 e. The number of thioether (sulfide) groups is 1. The van der Waals surface area contributed by atoms with Crippen molar-refractivity contribution in [3.8, 4) is 0 Å². The summed E-state index contributed by atoms with van der Waals surface area (Å²) < 4.78 is 14.3. The van der Waals surface area contributed by atoms with Crippen LogP contribution in [0.15, 0.2) is 52.9 Å². The Kier molecular flexibility index (Phi) is 6.37. The molecule has 0 radical (unpaired) electrons. The van der Waals surface area contributed by atoms with Crippen LogP contribution in [0.3, 0.4) is 0 Å². The fourth-order valence-corrected chi connectivity index (χ4v) is 4.16. The smallest absolute Gasteiger partial charge is 0.237 e. The number of nitrogens with one attached hydrogen (secondary N) is 2. The number of rotatable bonds is 7. The minimum Gasteiger partial charge on any atom is -0.328 e. The van der Waals surface area contributed by atoms with Gasteiger partial charge in [-0.15, -0.1) is 10.2 Å². The number of nitrogens with zero attached hydrogens (tertiary/aromatic N) is 2. The van der Waals surface area contributed by atoms with Gasteiger partial charge in [-0.3, -0.25) is 9.59 Å². The van der Waals surface area contributed by atoms with Crippen LogP contribution in [0.25, 0.3) is 0 Å². The molecule has 1 heterocycles. The fraction of sp³-hybridized carbons (Fsp3) is 0.158. The second kappa shape index (κ2) is 8.94. The van der Waals surface area contributed by atoms with Crippen molar-refractivity contribution in [2.24, 2.45) is 0 Å². The van der Waals surface area contributed by atoms with Gasteiger partial charge in [0.25, 0.3) is 0 Å². The lowest BCUT2D eigenvalue weighted by Gasteiger charge is -2.10. The van der Waals surface area contributed by atoms with Crippen molar-refractivity contribution >= 4 is 51.3 Å². The average molecular weight is 417 g/mol. The molecule has 2 aromatic carbocycles. The molecule has 0 aliphatic heterocycles. The molecule has 1 aromatic heterocycles. The molecule has 2 N–H and O–H groups in total. The molecule has 0 spiro atoms. The minimum absolute atomic E-state index is 0.0673. The van der Waals surface area contributed by atoms with Gasteiger partial charge in [-0.05, 0) is 38.1 Å². The van der Waals surface area contributed by atoms with Crippen LogP contribution in [0.1, 0.15) is 24.2 Å². The Balaban J connectivity index is 1.60. The maximum atomic E-state index is 13.7. The normalized spacial score (nSPS) is 11.7. The van der Waals surface area contributed by atoms with E-state index in [1.807, 2.05) is 0 Å². The molecule has 9 heteroatoms. The van der Waals surface area contributed by atoms with Gasteiger partial charge >= 0.3 is 0 Å². The zero-order chi connectivity index (χ0) is 20.1. The summed E-state index contributed by atoms with van der Waals surface area (Å²) >= 11 is 2.48. The molecule has 0 fully saturated rings. The number of hydrogen-bond donors (Lipinski definition) is 2. The molecule has 0 aliphatic rings. The third-order valence-electron chi connectivity index (χ3n) is 3.71. The Hall–Kier alpha value is -2.78. The standard InChI is InChI=1S/C19H17FN4O2S2/c1-11(25)13-6-5-7-14(10-13)21-17(26)12(2)27-19-24-23-18(28-19)22-16-9-4-3-8-15(16)20/h3-10,12H,1-2H3,(H,21,26)(H,22,23). The summed E-state index contributed by atoms with van der Waals surface area (Å²) in [7, 11) is 0. The number of Topliss-reactive ketones (excluding diaryl/α,β-unsaturated/α-hetero) is 1. The Morgan fingerprint density at radius 2 is 1.93 bits per heavy atom. The molecule has 28 heavy (non-hydrogen) atoms. The van der Waals surface area contributed by atoms with E-state index in [4.69, 9.17) is 0 Å². The summed E-state index contributed by atoms with van der Waals surface area (Å²) in [6.45, 7) is 3.22. The van der Waals surface area contributed by atoms with Crippen LogP contribution in [0.5, 0.6) is 0 Å². The lowest BCUT2D eigenvalue weighted by atomic mass is 10.1. The molecule has 1 amide bonds. The fourth-order valence-electron chi connectivity index (χ4n) is 2.25. The van der Waals surface area contributed by atoms with E-state index in [9.17, 15) is 14.0 Å². The first-order valence-corrected chi connectivity index (χ1v) is 10.1. The molecule has 0 bridgehead atoms.